The molecular formula is C19H12ClFN4O. The predicted molar refractivity (Wildman–Crippen MR) is 98.0 cm³/mol. The van der Waals surface area contributed by atoms with Crippen molar-refractivity contribution in [3.63, 3.8) is 0 Å². The highest BCUT2D eigenvalue weighted by Gasteiger charge is 2.10. The van der Waals surface area contributed by atoms with E-state index in [9.17, 15) is 9.18 Å². The first kappa shape index (κ1) is 17.4. The van der Waals surface area contributed by atoms with Crippen molar-refractivity contribution in [1.82, 2.24) is 4.98 Å². The van der Waals surface area contributed by atoms with Crippen LogP contribution in [0, 0.1) is 17.1 Å². The Morgan fingerprint density at radius 1 is 1.15 bits per heavy atom. The van der Waals surface area contributed by atoms with Crippen LogP contribution >= 0.6 is 11.6 Å². The van der Waals surface area contributed by atoms with Crippen molar-refractivity contribution in [1.29, 1.82) is 5.26 Å². The number of pyridine rings is 1. The summed E-state index contributed by atoms with van der Waals surface area (Å²) in [6.07, 6.45) is 1.48. The fourth-order valence-corrected chi connectivity index (χ4v) is 2.43. The van der Waals surface area contributed by atoms with E-state index in [1.807, 2.05) is 0 Å². The first-order valence-electron chi connectivity index (χ1n) is 7.55. The van der Waals surface area contributed by atoms with E-state index in [0.717, 1.165) is 0 Å². The van der Waals surface area contributed by atoms with Gasteiger partial charge in [0.15, 0.2) is 0 Å². The summed E-state index contributed by atoms with van der Waals surface area (Å²) in [5.41, 5.74) is 1.77. The molecule has 0 aliphatic heterocycles. The van der Waals surface area contributed by atoms with Gasteiger partial charge in [-0.15, -0.1) is 0 Å². The molecule has 0 fully saturated rings. The minimum atomic E-state index is -0.559. The number of nitrogens with zero attached hydrogens (tertiary/aromatic N) is 2. The Labute approximate surface area is 154 Å². The van der Waals surface area contributed by atoms with Crippen molar-refractivity contribution >= 4 is 34.7 Å². The van der Waals surface area contributed by atoms with Gasteiger partial charge in [0.2, 0.25) is 0 Å². The summed E-state index contributed by atoms with van der Waals surface area (Å²) in [6.45, 7) is 0. The van der Waals surface area contributed by atoms with Crippen LogP contribution in [0.4, 0.5) is 21.6 Å². The minimum absolute atomic E-state index is 0.0759. The number of nitrogens with one attached hydrogen (secondary N) is 2. The third-order valence-electron chi connectivity index (χ3n) is 3.51. The molecule has 1 heterocycles. The smallest absolute Gasteiger partial charge is 0.255 e. The fourth-order valence-electron chi connectivity index (χ4n) is 2.24. The number of carbonyl (C=O) groups is 1. The summed E-state index contributed by atoms with van der Waals surface area (Å²) < 4.78 is 13.2. The van der Waals surface area contributed by atoms with Crippen LogP contribution in [0.3, 0.4) is 0 Å². The van der Waals surface area contributed by atoms with Crippen molar-refractivity contribution < 1.29 is 9.18 Å². The summed E-state index contributed by atoms with van der Waals surface area (Å²) in [6, 6.07) is 16.1. The maximum absolute atomic E-state index is 13.2. The number of hydrogen-bond acceptors (Lipinski definition) is 4. The predicted octanol–water partition coefficient (Wildman–Crippen LogP) is 4.74. The molecule has 1 aromatic heterocycles. The number of hydrogen-bond donors (Lipinski definition) is 2. The monoisotopic (exact) mass is 366 g/mol. The molecule has 0 unspecified atom stereocenters. The summed E-state index contributed by atoms with van der Waals surface area (Å²) in [5, 5.41) is 14.7. The normalized spacial score (nSPS) is 10.0. The molecule has 2 N–H and O–H groups in total. The standard InChI is InChI=1S/C19H12ClFN4O/c20-15-10-14(5-6-16(15)21)24-19(26)12-7-8-23-18(9-12)25-17-4-2-1-3-13(17)11-22/h1-10H,(H,23,25)(H,24,26). The first-order chi connectivity index (χ1) is 12.6. The Balaban J connectivity index is 1.79. The van der Waals surface area contributed by atoms with Crippen LogP contribution < -0.4 is 10.6 Å². The Morgan fingerprint density at radius 3 is 2.73 bits per heavy atom. The van der Waals surface area contributed by atoms with E-state index in [4.69, 9.17) is 16.9 Å². The highest BCUT2D eigenvalue weighted by atomic mass is 35.5. The largest absolute Gasteiger partial charge is 0.339 e. The van der Waals surface area contributed by atoms with Gasteiger partial charge in [-0.2, -0.15) is 5.26 Å². The molecule has 3 rings (SSSR count). The van der Waals surface area contributed by atoms with Gasteiger partial charge in [0.1, 0.15) is 17.7 Å². The number of carbonyl (C=O) groups excluding carboxylic acids is 1. The highest BCUT2D eigenvalue weighted by molar-refractivity contribution is 6.31. The van der Waals surface area contributed by atoms with Crippen molar-refractivity contribution in [2.24, 2.45) is 0 Å². The van der Waals surface area contributed by atoms with E-state index in [2.05, 4.69) is 21.7 Å². The SMILES string of the molecule is N#Cc1ccccc1Nc1cc(C(=O)Nc2ccc(F)c(Cl)c2)ccn1. The third kappa shape index (κ3) is 3.97. The van der Waals surface area contributed by atoms with E-state index < -0.39 is 11.7 Å². The van der Waals surface area contributed by atoms with Gasteiger partial charge in [0.25, 0.3) is 5.91 Å². The number of halogens is 2. The molecule has 1 amide bonds. The topological polar surface area (TPSA) is 77.8 Å². The molecule has 5 nitrogen and oxygen atoms in total. The minimum Gasteiger partial charge on any atom is -0.339 e. The molecule has 0 atom stereocenters. The average molecular weight is 367 g/mol. The quantitative estimate of drug-likeness (QED) is 0.699. The zero-order valence-corrected chi connectivity index (χ0v) is 14.1. The van der Waals surface area contributed by atoms with Crippen LogP contribution in [0.2, 0.25) is 5.02 Å². The summed E-state index contributed by atoms with van der Waals surface area (Å²) >= 11 is 5.71. The van der Waals surface area contributed by atoms with Gasteiger partial charge in [0.05, 0.1) is 16.3 Å². The number of nitriles is 1. The van der Waals surface area contributed by atoms with Gasteiger partial charge in [-0.05, 0) is 42.5 Å². The van der Waals surface area contributed by atoms with Crippen LogP contribution in [-0.2, 0) is 0 Å². The lowest BCUT2D eigenvalue weighted by Gasteiger charge is -2.09. The molecule has 0 aliphatic carbocycles. The first-order valence-corrected chi connectivity index (χ1v) is 7.93. The average Bonchev–Trinajstić information content (AvgIpc) is 2.65. The highest BCUT2D eigenvalue weighted by Crippen LogP contribution is 2.21. The Morgan fingerprint density at radius 2 is 1.96 bits per heavy atom. The maximum Gasteiger partial charge on any atom is 0.255 e. The number of para-hydroxylation sites is 1. The zero-order chi connectivity index (χ0) is 18.5. The molecule has 2 aromatic carbocycles. The van der Waals surface area contributed by atoms with E-state index in [1.54, 1.807) is 36.4 Å². The van der Waals surface area contributed by atoms with E-state index in [-0.39, 0.29) is 5.02 Å². The lowest BCUT2D eigenvalue weighted by atomic mass is 10.2. The molecule has 0 bridgehead atoms. The molecule has 26 heavy (non-hydrogen) atoms. The van der Waals surface area contributed by atoms with Crippen LogP contribution in [-0.4, -0.2) is 10.9 Å². The van der Waals surface area contributed by atoms with E-state index in [0.29, 0.717) is 28.3 Å². The molecule has 0 aliphatic rings. The van der Waals surface area contributed by atoms with E-state index in [1.165, 1.54) is 24.4 Å². The third-order valence-corrected chi connectivity index (χ3v) is 3.80. The van der Waals surface area contributed by atoms with Crippen molar-refractivity contribution in [2.45, 2.75) is 0 Å². The van der Waals surface area contributed by atoms with Crippen LogP contribution in [0.5, 0.6) is 0 Å². The Hall–Kier alpha value is -3.43. The van der Waals surface area contributed by atoms with Crippen LogP contribution in [0.1, 0.15) is 15.9 Å². The van der Waals surface area contributed by atoms with Crippen molar-refractivity contribution in [2.75, 3.05) is 10.6 Å². The van der Waals surface area contributed by atoms with Gasteiger partial charge in [0, 0.05) is 17.4 Å². The second kappa shape index (κ2) is 7.64. The second-order valence-electron chi connectivity index (χ2n) is 5.30. The molecule has 0 radical (unpaired) electrons. The van der Waals surface area contributed by atoms with Gasteiger partial charge >= 0.3 is 0 Å². The van der Waals surface area contributed by atoms with Gasteiger partial charge in [-0.1, -0.05) is 23.7 Å². The number of amides is 1. The summed E-state index contributed by atoms with van der Waals surface area (Å²) in [4.78, 5) is 16.5. The van der Waals surface area contributed by atoms with Gasteiger partial charge in [-0.25, -0.2) is 9.37 Å². The lowest BCUT2D eigenvalue weighted by molar-refractivity contribution is 0.102. The number of benzene rings is 2. The molecule has 0 saturated carbocycles. The molecule has 3 aromatic rings. The molecule has 7 heteroatoms. The van der Waals surface area contributed by atoms with Gasteiger partial charge < -0.3 is 10.6 Å². The number of anilines is 3. The van der Waals surface area contributed by atoms with Crippen LogP contribution in [0.25, 0.3) is 0 Å². The van der Waals surface area contributed by atoms with Crippen molar-refractivity contribution in [3.8, 4) is 6.07 Å². The van der Waals surface area contributed by atoms with E-state index >= 15 is 0 Å². The maximum atomic E-state index is 13.2. The molecule has 0 spiro atoms. The number of rotatable bonds is 4. The fraction of sp³-hybridized carbons (Fsp3) is 0. The Kier molecular flexibility index (Phi) is 5.11. The molecular weight excluding hydrogens is 355 g/mol. The summed E-state index contributed by atoms with van der Waals surface area (Å²) in [5.74, 6) is -0.541. The van der Waals surface area contributed by atoms with Gasteiger partial charge in [-0.3, -0.25) is 4.79 Å². The second-order valence-corrected chi connectivity index (χ2v) is 5.70. The molecule has 128 valence electrons. The zero-order valence-electron chi connectivity index (χ0n) is 13.3. The summed E-state index contributed by atoms with van der Waals surface area (Å²) in [7, 11) is 0. The molecule has 0 saturated heterocycles. The van der Waals surface area contributed by atoms with Crippen LogP contribution in [0.15, 0.2) is 60.8 Å². The van der Waals surface area contributed by atoms with Crippen molar-refractivity contribution in [3.05, 3.63) is 82.8 Å². The lowest BCUT2D eigenvalue weighted by Crippen LogP contribution is -2.12. The number of aromatic nitrogens is 1. The Bertz CT molecular complexity index is 1020.